The molecule has 0 heterocycles. The molecule has 0 aliphatic heterocycles. The lowest BCUT2D eigenvalue weighted by atomic mass is 9.99. The fourth-order valence-electron chi connectivity index (χ4n) is 1.44. The minimum Gasteiger partial charge on any atom is -0.494 e. The zero-order chi connectivity index (χ0) is 11.1. The molecule has 0 aliphatic rings. The van der Waals surface area contributed by atoms with Crippen molar-refractivity contribution in [3.8, 4) is 5.75 Å². The monoisotopic (exact) mass is 270 g/mol. The second-order valence-corrected chi connectivity index (χ2v) is 4.59. The summed E-state index contributed by atoms with van der Waals surface area (Å²) in [5.41, 5.74) is 1.39. The van der Waals surface area contributed by atoms with Gasteiger partial charge in [0.25, 0.3) is 0 Å². The lowest BCUT2D eigenvalue weighted by Gasteiger charge is -2.11. The smallest absolute Gasteiger partial charge is 0.119 e. The van der Waals surface area contributed by atoms with Crippen LogP contribution >= 0.6 is 15.9 Å². The van der Waals surface area contributed by atoms with Crippen LogP contribution in [0.5, 0.6) is 5.75 Å². The second kappa shape index (κ2) is 6.89. The summed E-state index contributed by atoms with van der Waals surface area (Å²) in [7, 11) is 0. The van der Waals surface area contributed by atoms with Crippen LogP contribution in [0.25, 0.3) is 0 Å². The quantitative estimate of drug-likeness (QED) is 0.698. The minimum absolute atomic E-state index is 0.615. The summed E-state index contributed by atoms with van der Waals surface area (Å²) in [5, 5.41) is 1.06. The Balaban J connectivity index is 2.55. The fourth-order valence-corrected chi connectivity index (χ4v) is 2.13. The second-order valence-electron chi connectivity index (χ2n) is 3.80. The standard InChI is InChI=1S/C13H19BrO/c1-3-10-15-13-6-4-12(5-7-13)11(2)8-9-14/h4-7,11H,3,8-10H2,1-2H3. The number of rotatable bonds is 6. The van der Waals surface area contributed by atoms with Gasteiger partial charge >= 0.3 is 0 Å². The van der Waals surface area contributed by atoms with Gasteiger partial charge in [-0.25, -0.2) is 0 Å². The van der Waals surface area contributed by atoms with E-state index in [1.807, 2.05) is 0 Å². The summed E-state index contributed by atoms with van der Waals surface area (Å²) in [6.07, 6.45) is 2.23. The van der Waals surface area contributed by atoms with Crippen molar-refractivity contribution in [2.75, 3.05) is 11.9 Å². The molecule has 15 heavy (non-hydrogen) atoms. The Hall–Kier alpha value is -0.500. The highest BCUT2D eigenvalue weighted by atomic mass is 79.9. The largest absolute Gasteiger partial charge is 0.494 e. The molecule has 1 unspecified atom stereocenters. The van der Waals surface area contributed by atoms with Gasteiger partial charge in [-0.1, -0.05) is 41.9 Å². The van der Waals surface area contributed by atoms with Crippen LogP contribution in [0.1, 0.15) is 38.2 Å². The Labute approximate surface area is 101 Å². The van der Waals surface area contributed by atoms with E-state index >= 15 is 0 Å². The van der Waals surface area contributed by atoms with Crippen LogP contribution < -0.4 is 4.74 Å². The van der Waals surface area contributed by atoms with E-state index in [0.717, 1.165) is 24.1 Å². The lowest BCUT2D eigenvalue weighted by Crippen LogP contribution is -1.97. The van der Waals surface area contributed by atoms with Crippen LogP contribution in [0, 0.1) is 0 Å². The zero-order valence-electron chi connectivity index (χ0n) is 9.50. The predicted octanol–water partition coefficient (Wildman–Crippen LogP) is 4.36. The highest BCUT2D eigenvalue weighted by Gasteiger charge is 2.04. The first kappa shape index (κ1) is 12.6. The molecule has 0 radical (unpaired) electrons. The van der Waals surface area contributed by atoms with Crippen molar-refractivity contribution >= 4 is 15.9 Å². The zero-order valence-corrected chi connectivity index (χ0v) is 11.1. The SMILES string of the molecule is CCCOc1ccc(C(C)CCBr)cc1. The minimum atomic E-state index is 0.615. The summed E-state index contributed by atoms with van der Waals surface area (Å²) in [6, 6.07) is 8.46. The third-order valence-corrected chi connectivity index (χ3v) is 2.92. The van der Waals surface area contributed by atoms with Gasteiger partial charge in [0.1, 0.15) is 5.75 Å². The van der Waals surface area contributed by atoms with E-state index in [2.05, 4.69) is 54.0 Å². The summed E-state index contributed by atoms with van der Waals surface area (Å²) in [4.78, 5) is 0. The molecule has 1 aromatic rings. The molecule has 1 rings (SSSR count). The maximum absolute atomic E-state index is 5.54. The number of ether oxygens (including phenoxy) is 1. The summed E-state index contributed by atoms with van der Waals surface area (Å²) in [6.45, 7) is 5.17. The lowest BCUT2D eigenvalue weighted by molar-refractivity contribution is 0.317. The molecule has 0 N–H and O–H groups in total. The molecule has 0 aliphatic carbocycles. The molecule has 1 aromatic carbocycles. The predicted molar refractivity (Wildman–Crippen MR) is 69.1 cm³/mol. The average Bonchev–Trinajstić information content (AvgIpc) is 2.27. The van der Waals surface area contributed by atoms with Gasteiger partial charge in [0.05, 0.1) is 6.61 Å². The van der Waals surface area contributed by atoms with Crippen LogP contribution in [-0.2, 0) is 0 Å². The molecule has 1 nitrogen and oxygen atoms in total. The molecule has 0 aromatic heterocycles. The van der Waals surface area contributed by atoms with Crippen molar-refractivity contribution in [3.05, 3.63) is 29.8 Å². The van der Waals surface area contributed by atoms with Crippen LogP contribution in [-0.4, -0.2) is 11.9 Å². The van der Waals surface area contributed by atoms with E-state index in [4.69, 9.17) is 4.74 Å². The average molecular weight is 271 g/mol. The fraction of sp³-hybridized carbons (Fsp3) is 0.538. The number of hydrogen-bond donors (Lipinski definition) is 0. The van der Waals surface area contributed by atoms with Crippen LogP contribution in [0.4, 0.5) is 0 Å². The van der Waals surface area contributed by atoms with Crippen molar-refractivity contribution < 1.29 is 4.74 Å². The normalized spacial score (nSPS) is 12.5. The van der Waals surface area contributed by atoms with Gasteiger partial charge < -0.3 is 4.74 Å². The van der Waals surface area contributed by atoms with E-state index in [-0.39, 0.29) is 0 Å². The van der Waals surface area contributed by atoms with E-state index in [1.54, 1.807) is 0 Å². The molecule has 0 amide bonds. The Morgan fingerprint density at radius 2 is 1.93 bits per heavy atom. The molecular weight excluding hydrogens is 252 g/mol. The van der Waals surface area contributed by atoms with Crippen LogP contribution in [0.15, 0.2) is 24.3 Å². The summed E-state index contributed by atoms with van der Waals surface area (Å²) >= 11 is 3.47. The van der Waals surface area contributed by atoms with Gasteiger partial charge in [0.2, 0.25) is 0 Å². The van der Waals surface area contributed by atoms with Crippen molar-refractivity contribution in [3.63, 3.8) is 0 Å². The first-order chi connectivity index (χ1) is 7.27. The molecule has 1 atom stereocenters. The Bertz CT molecular complexity index is 268. The van der Waals surface area contributed by atoms with Crippen LogP contribution in [0.3, 0.4) is 0 Å². The molecule has 84 valence electrons. The van der Waals surface area contributed by atoms with Crippen LogP contribution in [0.2, 0.25) is 0 Å². The third-order valence-electron chi connectivity index (χ3n) is 2.46. The van der Waals surface area contributed by atoms with E-state index < -0.39 is 0 Å². The van der Waals surface area contributed by atoms with Crippen molar-refractivity contribution in [1.29, 1.82) is 0 Å². The van der Waals surface area contributed by atoms with Crippen molar-refractivity contribution in [1.82, 2.24) is 0 Å². The number of benzene rings is 1. The Morgan fingerprint density at radius 3 is 2.47 bits per heavy atom. The van der Waals surface area contributed by atoms with Gasteiger partial charge in [-0.05, 0) is 36.5 Å². The van der Waals surface area contributed by atoms with Crippen molar-refractivity contribution in [2.45, 2.75) is 32.6 Å². The van der Waals surface area contributed by atoms with E-state index in [9.17, 15) is 0 Å². The van der Waals surface area contributed by atoms with Crippen molar-refractivity contribution in [2.24, 2.45) is 0 Å². The highest BCUT2D eigenvalue weighted by Crippen LogP contribution is 2.22. The van der Waals surface area contributed by atoms with Gasteiger partial charge in [-0.15, -0.1) is 0 Å². The van der Waals surface area contributed by atoms with Gasteiger partial charge in [0, 0.05) is 5.33 Å². The first-order valence-corrected chi connectivity index (χ1v) is 6.68. The molecule has 2 heteroatoms. The molecular formula is C13H19BrO. The number of hydrogen-bond acceptors (Lipinski definition) is 1. The summed E-state index contributed by atoms with van der Waals surface area (Å²) < 4.78 is 5.54. The highest BCUT2D eigenvalue weighted by molar-refractivity contribution is 9.09. The Kier molecular flexibility index (Phi) is 5.77. The molecule has 0 bridgehead atoms. The molecule has 0 spiro atoms. The first-order valence-electron chi connectivity index (χ1n) is 5.56. The van der Waals surface area contributed by atoms with E-state index in [0.29, 0.717) is 5.92 Å². The maximum Gasteiger partial charge on any atom is 0.119 e. The number of halogens is 1. The van der Waals surface area contributed by atoms with Gasteiger partial charge in [-0.3, -0.25) is 0 Å². The third kappa shape index (κ3) is 4.25. The topological polar surface area (TPSA) is 9.23 Å². The van der Waals surface area contributed by atoms with Gasteiger partial charge in [-0.2, -0.15) is 0 Å². The van der Waals surface area contributed by atoms with Gasteiger partial charge in [0.15, 0.2) is 0 Å². The molecule has 0 saturated carbocycles. The number of alkyl halides is 1. The molecule has 0 fully saturated rings. The van der Waals surface area contributed by atoms with E-state index in [1.165, 1.54) is 12.0 Å². The molecule has 0 saturated heterocycles. The maximum atomic E-state index is 5.54. The Morgan fingerprint density at radius 1 is 1.27 bits per heavy atom. The summed E-state index contributed by atoms with van der Waals surface area (Å²) in [5.74, 6) is 1.59.